The lowest BCUT2D eigenvalue weighted by molar-refractivity contribution is -0.139. The molecule has 33 heavy (non-hydrogen) atoms. The second-order valence-corrected chi connectivity index (χ2v) is 10.1. The van der Waals surface area contributed by atoms with Gasteiger partial charge in [-0.2, -0.15) is 0 Å². The van der Waals surface area contributed by atoms with Crippen LogP contribution in [0.3, 0.4) is 0 Å². The molecule has 0 aliphatic carbocycles. The third-order valence-electron chi connectivity index (χ3n) is 5.18. The van der Waals surface area contributed by atoms with Gasteiger partial charge < -0.3 is 10.2 Å². The quantitative estimate of drug-likeness (QED) is 0.570. The number of anilines is 1. The highest BCUT2D eigenvalue weighted by atomic mass is 32.2. The first kappa shape index (κ1) is 26.3. The van der Waals surface area contributed by atoms with Gasteiger partial charge in [0, 0.05) is 12.6 Å². The molecule has 2 rings (SSSR count). The normalized spacial score (nSPS) is 12.3. The lowest BCUT2D eigenvalue weighted by atomic mass is 10.1. The van der Waals surface area contributed by atoms with Crippen molar-refractivity contribution in [3.63, 3.8) is 0 Å². The van der Waals surface area contributed by atoms with Gasteiger partial charge in [-0.05, 0) is 56.5 Å². The minimum absolute atomic E-state index is 0.0266. The van der Waals surface area contributed by atoms with Gasteiger partial charge in [-0.15, -0.1) is 0 Å². The van der Waals surface area contributed by atoms with E-state index in [0.717, 1.165) is 16.1 Å². The number of hydrogen-bond donors (Lipinski definition) is 1. The molecule has 0 heterocycles. The minimum atomic E-state index is -3.79. The van der Waals surface area contributed by atoms with E-state index in [-0.39, 0.29) is 18.5 Å². The molecule has 2 amide bonds. The number of nitrogens with zero attached hydrogens (tertiary/aromatic N) is 2. The van der Waals surface area contributed by atoms with E-state index in [1.165, 1.54) is 29.2 Å². The van der Waals surface area contributed by atoms with Crippen LogP contribution in [0.5, 0.6) is 0 Å². The Morgan fingerprint density at radius 1 is 1.03 bits per heavy atom. The molecule has 0 aromatic heterocycles. The molecule has 0 aliphatic rings. The molecule has 1 N–H and O–H groups in total. The molecule has 9 heteroatoms. The van der Waals surface area contributed by atoms with Crippen LogP contribution in [-0.4, -0.2) is 50.0 Å². The Labute approximate surface area is 195 Å². The number of nitrogens with one attached hydrogen (secondary N) is 1. The van der Waals surface area contributed by atoms with Crippen molar-refractivity contribution in [1.82, 2.24) is 10.2 Å². The molecule has 0 fully saturated rings. The molecule has 1 atom stereocenters. The number of aryl methyl sites for hydroxylation is 1. The van der Waals surface area contributed by atoms with E-state index in [2.05, 4.69) is 5.32 Å². The number of para-hydroxylation sites is 1. The number of carbonyl (C=O) groups is 2. The van der Waals surface area contributed by atoms with Crippen LogP contribution in [0.25, 0.3) is 0 Å². The predicted octanol–water partition coefficient (Wildman–Crippen LogP) is 3.10. The maximum Gasteiger partial charge on any atom is 0.244 e. The average Bonchev–Trinajstić information content (AvgIpc) is 2.75. The number of halogens is 1. The highest BCUT2D eigenvalue weighted by Crippen LogP contribution is 2.24. The van der Waals surface area contributed by atoms with Crippen molar-refractivity contribution in [2.24, 2.45) is 0 Å². The summed E-state index contributed by atoms with van der Waals surface area (Å²) in [6.45, 7) is 6.67. The van der Waals surface area contributed by atoms with Crippen molar-refractivity contribution < 1.29 is 22.4 Å². The second kappa shape index (κ2) is 11.3. The van der Waals surface area contributed by atoms with Crippen LogP contribution < -0.4 is 9.62 Å². The topological polar surface area (TPSA) is 86.8 Å². The molecule has 1 unspecified atom stereocenters. The zero-order valence-electron chi connectivity index (χ0n) is 19.7. The summed E-state index contributed by atoms with van der Waals surface area (Å²) >= 11 is 0. The van der Waals surface area contributed by atoms with Gasteiger partial charge >= 0.3 is 0 Å². The minimum Gasteiger partial charge on any atom is -0.352 e. The van der Waals surface area contributed by atoms with Gasteiger partial charge in [0.25, 0.3) is 0 Å². The third kappa shape index (κ3) is 7.28. The van der Waals surface area contributed by atoms with Crippen LogP contribution >= 0.6 is 0 Å². The smallest absolute Gasteiger partial charge is 0.244 e. The zero-order chi connectivity index (χ0) is 24.8. The molecule has 0 aliphatic heterocycles. The van der Waals surface area contributed by atoms with Gasteiger partial charge in [0.15, 0.2) is 0 Å². The van der Waals surface area contributed by atoms with Crippen LogP contribution in [0.1, 0.15) is 38.8 Å². The Balaban J connectivity index is 2.42. The number of rotatable bonds is 10. The molecular weight excluding hydrogens is 445 g/mol. The predicted molar refractivity (Wildman–Crippen MR) is 128 cm³/mol. The first-order chi connectivity index (χ1) is 15.4. The van der Waals surface area contributed by atoms with Crippen LogP contribution in [-0.2, 0) is 32.6 Å². The maximum absolute atomic E-state index is 13.4. The molecule has 0 radical (unpaired) electrons. The summed E-state index contributed by atoms with van der Waals surface area (Å²) in [5, 5.41) is 2.78. The van der Waals surface area contributed by atoms with Gasteiger partial charge in [0.05, 0.1) is 11.9 Å². The van der Waals surface area contributed by atoms with E-state index >= 15 is 0 Å². The van der Waals surface area contributed by atoms with Crippen LogP contribution in [0.15, 0.2) is 48.5 Å². The van der Waals surface area contributed by atoms with Crippen LogP contribution in [0, 0.1) is 5.82 Å². The summed E-state index contributed by atoms with van der Waals surface area (Å²) in [7, 11) is -3.79. The van der Waals surface area contributed by atoms with E-state index < -0.39 is 34.3 Å². The van der Waals surface area contributed by atoms with Crippen molar-refractivity contribution in [2.45, 2.75) is 52.7 Å². The number of carbonyl (C=O) groups excluding carboxylic acids is 2. The van der Waals surface area contributed by atoms with E-state index in [1.54, 1.807) is 19.1 Å². The maximum atomic E-state index is 13.4. The van der Waals surface area contributed by atoms with Gasteiger partial charge in [0.1, 0.15) is 18.4 Å². The lowest BCUT2D eigenvalue weighted by Gasteiger charge is -2.32. The second-order valence-electron chi connectivity index (χ2n) is 8.24. The fourth-order valence-corrected chi connectivity index (χ4v) is 4.30. The van der Waals surface area contributed by atoms with Crippen molar-refractivity contribution in [3.05, 3.63) is 65.5 Å². The fraction of sp³-hybridized carbons (Fsp3) is 0.417. The van der Waals surface area contributed by atoms with Crippen molar-refractivity contribution in [2.75, 3.05) is 17.1 Å². The summed E-state index contributed by atoms with van der Waals surface area (Å²) in [5.41, 5.74) is 1.83. The molecular formula is C24H32FN3O4S. The Hall–Kier alpha value is -2.94. The highest BCUT2D eigenvalue weighted by Gasteiger charge is 2.30. The summed E-state index contributed by atoms with van der Waals surface area (Å²) in [6, 6.07) is 11.6. The van der Waals surface area contributed by atoms with Crippen molar-refractivity contribution >= 4 is 27.5 Å². The monoisotopic (exact) mass is 477 g/mol. The SMILES string of the molecule is CCc1ccccc1N(CC(=O)N(Cc1ccc(F)cc1)C(C)C(=O)NC(C)C)S(C)(=O)=O. The van der Waals surface area contributed by atoms with E-state index in [1.807, 2.05) is 32.9 Å². The van der Waals surface area contributed by atoms with Gasteiger partial charge in [-0.3, -0.25) is 13.9 Å². The number of hydrogen-bond acceptors (Lipinski definition) is 4. The molecule has 0 bridgehead atoms. The number of amides is 2. The summed E-state index contributed by atoms with van der Waals surface area (Å²) < 4.78 is 39.7. The Morgan fingerprint density at radius 2 is 1.64 bits per heavy atom. The van der Waals surface area contributed by atoms with Crippen LogP contribution in [0.4, 0.5) is 10.1 Å². The lowest BCUT2D eigenvalue weighted by Crippen LogP contribution is -2.52. The largest absolute Gasteiger partial charge is 0.352 e. The third-order valence-corrected chi connectivity index (χ3v) is 6.31. The van der Waals surface area contributed by atoms with Crippen molar-refractivity contribution in [3.8, 4) is 0 Å². The van der Waals surface area contributed by atoms with E-state index in [4.69, 9.17) is 0 Å². The summed E-state index contributed by atoms with van der Waals surface area (Å²) in [6.07, 6.45) is 1.63. The Kier molecular flexibility index (Phi) is 8.99. The summed E-state index contributed by atoms with van der Waals surface area (Å²) in [4.78, 5) is 27.5. The number of sulfonamides is 1. The first-order valence-corrected chi connectivity index (χ1v) is 12.7. The van der Waals surface area contributed by atoms with E-state index in [0.29, 0.717) is 17.7 Å². The standard InChI is InChI=1S/C24H32FN3O4S/c1-6-20-9-7-8-10-22(20)28(33(5,31)32)16-23(29)27(18(4)24(30)26-17(2)3)15-19-11-13-21(25)14-12-19/h7-14,17-18H,6,15-16H2,1-5H3,(H,26,30). The highest BCUT2D eigenvalue weighted by molar-refractivity contribution is 7.92. The molecule has 2 aromatic rings. The molecule has 0 saturated carbocycles. The van der Waals surface area contributed by atoms with Gasteiger partial charge in [0.2, 0.25) is 21.8 Å². The number of benzene rings is 2. The average molecular weight is 478 g/mol. The molecule has 0 saturated heterocycles. The van der Waals surface area contributed by atoms with Crippen molar-refractivity contribution in [1.29, 1.82) is 0 Å². The zero-order valence-corrected chi connectivity index (χ0v) is 20.5. The van der Waals surface area contributed by atoms with Gasteiger partial charge in [-0.25, -0.2) is 12.8 Å². The fourth-order valence-electron chi connectivity index (χ4n) is 3.42. The molecule has 2 aromatic carbocycles. The first-order valence-electron chi connectivity index (χ1n) is 10.8. The molecule has 180 valence electrons. The summed E-state index contributed by atoms with van der Waals surface area (Å²) in [5.74, 6) is -1.32. The molecule has 0 spiro atoms. The van der Waals surface area contributed by atoms with E-state index in [9.17, 15) is 22.4 Å². The Bertz CT molecular complexity index is 1070. The Morgan fingerprint density at radius 3 is 2.18 bits per heavy atom. The van der Waals surface area contributed by atoms with Gasteiger partial charge in [-0.1, -0.05) is 37.3 Å². The van der Waals surface area contributed by atoms with Crippen LogP contribution in [0.2, 0.25) is 0 Å². The molecule has 7 nitrogen and oxygen atoms in total.